The molecule has 0 atom stereocenters. The summed E-state index contributed by atoms with van der Waals surface area (Å²) in [7, 11) is 0. The Hall–Kier alpha value is -8.41. The second-order valence-corrected chi connectivity index (χ2v) is 16.0. The number of para-hydroxylation sites is 2. The molecule has 0 N–H and O–H groups in total. The largest absolute Gasteiger partial charge is 0.309 e. The van der Waals surface area contributed by atoms with E-state index < -0.39 is 0 Å². The maximum absolute atomic E-state index is 5.33. The number of fused-ring (bicyclic) bond motifs is 7. The first-order valence-electron chi connectivity index (χ1n) is 21.0. The summed E-state index contributed by atoms with van der Waals surface area (Å²) in [6.45, 7) is 0. The van der Waals surface area contributed by atoms with Gasteiger partial charge >= 0.3 is 0 Å². The molecule has 3 heterocycles. The van der Waals surface area contributed by atoms with Gasteiger partial charge in [-0.05, 0) is 93.8 Å². The molecule has 0 radical (unpaired) electrons. The molecule has 0 bridgehead atoms. The fraction of sp³-hybridized carbons (Fsp3) is 0. The second kappa shape index (κ2) is 13.6. The fourth-order valence-electron chi connectivity index (χ4n) is 9.73. The van der Waals surface area contributed by atoms with Crippen molar-refractivity contribution in [2.45, 2.75) is 0 Å². The lowest BCUT2D eigenvalue weighted by Gasteiger charge is -2.34. The van der Waals surface area contributed by atoms with Gasteiger partial charge in [-0.3, -0.25) is 0 Å². The minimum absolute atomic E-state index is 0.626. The number of hydrogen-bond acceptors (Lipinski definition) is 4. The molecule has 5 heteroatoms. The summed E-state index contributed by atoms with van der Waals surface area (Å²) in [6, 6.07) is 75.7. The molecule has 0 spiro atoms. The highest BCUT2D eigenvalue weighted by atomic mass is 15.2. The molecule has 0 amide bonds. The highest BCUT2D eigenvalue weighted by Gasteiger charge is 2.28. The van der Waals surface area contributed by atoms with Crippen LogP contribution in [0.1, 0.15) is 0 Å². The third-order valence-corrected chi connectivity index (χ3v) is 12.5. The van der Waals surface area contributed by atoms with Crippen molar-refractivity contribution in [3.63, 3.8) is 0 Å². The van der Waals surface area contributed by atoms with Crippen LogP contribution < -0.4 is 4.90 Å². The zero-order valence-electron chi connectivity index (χ0n) is 33.4. The summed E-state index contributed by atoms with van der Waals surface area (Å²) in [5.74, 6) is 1.88. The minimum atomic E-state index is 0.626. The Balaban J connectivity index is 1.02. The maximum Gasteiger partial charge on any atom is 0.164 e. The zero-order valence-corrected chi connectivity index (χ0v) is 33.4. The van der Waals surface area contributed by atoms with Gasteiger partial charge < -0.3 is 9.47 Å². The highest BCUT2D eigenvalue weighted by Crippen LogP contribution is 2.53. The van der Waals surface area contributed by atoms with Crippen LogP contribution in [0.25, 0.3) is 105 Å². The van der Waals surface area contributed by atoms with Gasteiger partial charge in [-0.15, -0.1) is 0 Å². The molecule has 62 heavy (non-hydrogen) atoms. The first-order valence-corrected chi connectivity index (χ1v) is 21.0. The Morgan fingerprint density at radius 1 is 0.306 bits per heavy atom. The molecule has 1 aliphatic rings. The molecule has 0 aliphatic carbocycles. The standard InChI is InChI=1S/C57H35N5/c1-3-15-37(16-4-1)55-58-56(40-29-31-51-47(34-40)44-25-11-12-27-49(44)61(51)41-21-5-2-6-22-41)60-57(59-55)46-30-32-50(43-24-10-9-23-42(43)46)62-52-28-14-20-36-19-13-26-45(54(36)52)48-33-38-17-7-8-18-39(38)35-53(48)62/h1-35H. The summed E-state index contributed by atoms with van der Waals surface area (Å²) in [6.07, 6.45) is 0. The molecular weight excluding hydrogens is 755 g/mol. The van der Waals surface area contributed by atoms with Crippen molar-refractivity contribution in [2.24, 2.45) is 0 Å². The van der Waals surface area contributed by atoms with Crippen LogP contribution in [0.3, 0.4) is 0 Å². The number of rotatable bonds is 5. The molecule has 12 aromatic rings. The first kappa shape index (κ1) is 34.5. The van der Waals surface area contributed by atoms with E-state index in [1.54, 1.807) is 0 Å². The van der Waals surface area contributed by atoms with Gasteiger partial charge in [0.2, 0.25) is 0 Å². The van der Waals surface area contributed by atoms with Gasteiger partial charge in [0.15, 0.2) is 17.5 Å². The predicted molar refractivity (Wildman–Crippen MR) is 257 cm³/mol. The molecule has 10 aromatic carbocycles. The maximum atomic E-state index is 5.33. The summed E-state index contributed by atoms with van der Waals surface area (Å²) in [5, 5.41) is 9.41. The van der Waals surface area contributed by atoms with Gasteiger partial charge in [0.1, 0.15) is 0 Å². The van der Waals surface area contributed by atoms with E-state index in [-0.39, 0.29) is 0 Å². The van der Waals surface area contributed by atoms with E-state index in [4.69, 9.17) is 15.0 Å². The van der Waals surface area contributed by atoms with E-state index in [0.717, 1.165) is 66.6 Å². The molecule has 288 valence electrons. The van der Waals surface area contributed by atoms with Crippen LogP contribution >= 0.6 is 0 Å². The average molecular weight is 790 g/mol. The van der Waals surface area contributed by atoms with Gasteiger partial charge in [0, 0.05) is 49.5 Å². The minimum Gasteiger partial charge on any atom is -0.309 e. The van der Waals surface area contributed by atoms with Gasteiger partial charge in [0.25, 0.3) is 0 Å². The molecule has 2 aromatic heterocycles. The Bertz CT molecular complexity index is 3750. The van der Waals surface area contributed by atoms with E-state index in [9.17, 15) is 0 Å². The SMILES string of the molecule is c1ccc(-c2nc(-c3ccc4c(c3)c3ccccc3n4-c3ccccc3)nc(-c3ccc(N4c5cc6ccccc6cc5-c5cccc6cccc4c56)c4ccccc34)n2)cc1. The predicted octanol–water partition coefficient (Wildman–Crippen LogP) is 14.9. The van der Waals surface area contributed by atoms with Crippen LogP contribution in [-0.2, 0) is 0 Å². The van der Waals surface area contributed by atoms with Crippen molar-refractivity contribution in [1.29, 1.82) is 0 Å². The topological polar surface area (TPSA) is 46.8 Å². The van der Waals surface area contributed by atoms with Crippen molar-refractivity contribution < 1.29 is 0 Å². The second-order valence-electron chi connectivity index (χ2n) is 16.0. The molecule has 0 saturated heterocycles. The van der Waals surface area contributed by atoms with Gasteiger partial charge in [0.05, 0.1) is 28.1 Å². The average Bonchev–Trinajstić information content (AvgIpc) is 3.68. The van der Waals surface area contributed by atoms with Crippen molar-refractivity contribution in [2.75, 3.05) is 4.90 Å². The number of aromatic nitrogens is 4. The van der Waals surface area contributed by atoms with Crippen LogP contribution in [0.4, 0.5) is 17.1 Å². The third kappa shape index (κ3) is 5.25. The molecular formula is C57H35N5. The van der Waals surface area contributed by atoms with Crippen molar-refractivity contribution in [1.82, 2.24) is 19.5 Å². The van der Waals surface area contributed by atoms with Crippen molar-refractivity contribution in [3.8, 4) is 51.0 Å². The van der Waals surface area contributed by atoms with E-state index in [0.29, 0.717) is 17.5 Å². The first-order chi connectivity index (χ1) is 30.7. The highest BCUT2D eigenvalue weighted by molar-refractivity contribution is 6.18. The summed E-state index contributed by atoms with van der Waals surface area (Å²) >= 11 is 0. The monoisotopic (exact) mass is 789 g/mol. The Labute approximate surface area is 357 Å². The normalized spacial score (nSPS) is 12.2. The summed E-state index contributed by atoms with van der Waals surface area (Å²) in [5.41, 5.74) is 12.1. The van der Waals surface area contributed by atoms with E-state index in [2.05, 4.69) is 204 Å². The van der Waals surface area contributed by atoms with Crippen LogP contribution in [0.2, 0.25) is 0 Å². The smallest absolute Gasteiger partial charge is 0.164 e. The van der Waals surface area contributed by atoms with Crippen LogP contribution in [0, 0.1) is 0 Å². The summed E-state index contributed by atoms with van der Waals surface area (Å²) in [4.78, 5) is 18.2. The number of benzene rings is 10. The molecule has 0 fully saturated rings. The molecule has 0 unspecified atom stereocenters. The van der Waals surface area contributed by atoms with E-state index in [1.807, 2.05) is 18.2 Å². The lowest BCUT2D eigenvalue weighted by Crippen LogP contribution is -2.15. The van der Waals surface area contributed by atoms with E-state index >= 15 is 0 Å². The molecule has 1 aliphatic heterocycles. The molecule has 13 rings (SSSR count). The summed E-state index contributed by atoms with van der Waals surface area (Å²) < 4.78 is 2.33. The van der Waals surface area contributed by atoms with Crippen LogP contribution in [0.15, 0.2) is 212 Å². The lowest BCUT2D eigenvalue weighted by atomic mass is 9.88. The molecule has 0 saturated carbocycles. The Kier molecular flexibility index (Phi) is 7.54. The Morgan fingerprint density at radius 2 is 0.935 bits per heavy atom. The quantitative estimate of drug-likeness (QED) is 0.174. The molecule has 5 nitrogen and oxygen atoms in total. The van der Waals surface area contributed by atoms with Crippen LogP contribution in [0.5, 0.6) is 0 Å². The number of nitrogens with zero attached hydrogens (tertiary/aromatic N) is 5. The Morgan fingerprint density at radius 3 is 1.76 bits per heavy atom. The van der Waals surface area contributed by atoms with Gasteiger partial charge in [-0.25, -0.2) is 15.0 Å². The van der Waals surface area contributed by atoms with Gasteiger partial charge in [-0.1, -0.05) is 146 Å². The van der Waals surface area contributed by atoms with Crippen LogP contribution in [-0.4, -0.2) is 19.5 Å². The number of hydrogen-bond donors (Lipinski definition) is 0. The number of anilines is 3. The third-order valence-electron chi connectivity index (χ3n) is 12.5. The lowest BCUT2D eigenvalue weighted by molar-refractivity contribution is 1.08. The van der Waals surface area contributed by atoms with Crippen molar-refractivity contribution in [3.05, 3.63) is 212 Å². The zero-order chi connectivity index (χ0) is 40.7. The fourth-order valence-corrected chi connectivity index (χ4v) is 9.73. The van der Waals surface area contributed by atoms with Gasteiger partial charge in [-0.2, -0.15) is 0 Å². The van der Waals surface area contributed by atoms with Crippen molar-refractivity contribution >= 4 is 71.2 Å². The van der Waals surface area contributed by atoms with E-state index in [1.165, 1.54) is 38.1 Å².